The summed E-state index contributed by atoms with van der Waals surface area (Å²) in [5.41, 5.74) is 3.68. The first kappa shape index (κ1) is 21.4. The number of aliphatic hydroxyl groups excluding tert-OH is 1. The number of fused-ring (bicyclic) bond motifs is 2. The lowest BCUT2D eigenvalue weighted by atomic mass is 10.2. The van der Waals surface area contributed by atoms with E-state index in [0.29, 0.717) is 6.54 Å². The van der Waals surface area contributed by atoms with E-state index in [1.807, 2.05) is 11.8 Å². The van der Waals surface area contributed by atoms with Crippen LogP contribution >= 0.6 is 23.1 Å². The Labute approximate surface area is 191 Å². The molecule has 1 N–H and O–H groups in total. The molecule has 0 saturated carbocycles. The highest BCUT2D eigenvalue weighted by Crippen LogP contribution is 2.45. The molecule has 1 aliphatic heterocycles. The summed E-state index contributed by atoms with van der Waals surface area (Å²) in [6.07, 6.45) is 4.49. The van der Waals surface area contributed by atoms with Crippen molar-refractivity contribution in [3.8, 4) is 0 Å². The van der Waals surface area contributed by atoms with Crippen LogP contribution in [0.1, 0.15) is 18.9 Å². The molecule has 146 valence electrons. The van der Waals surface area contributed by atoms with Crippen LogP contribution in [0.15, 0.2) is 70.1 Å². The lowest BCUT2D eigenvalue weighted by Crippen LogP contribution is -3.00. The van der Waals surface area contributed by atoms with Crippen molar-refractivity contribution in [2.45, 2.75) is 25.3 Å². The Balaban J connectivity index is 0.00000225. The second-order valence-corrected chi connectivity index (χ2v) is 8.59. The van der Waals surface area contributed by atoms with Gasteiger partial charge in [-0.05, 0) is 43.7 Å². The number of thiazole rings is 1. The van der Waals surface area contributed by atoms with Gasteiger partial charge in [0.25, 0.3) is 5.01 Å². The first-order chi connectivity index (χ1) is 13.2. The van der Waals surface area contributed by atoms with Gasteiger partial charge in [0.1, 0.15) is 11.3 Å². The van der Waals surface area contributed by atoms with Gasteiger partial charge in [-0.2, -0.15) is 4.57 Å². The van der Waals surface area contributed by atoms with Crippen LogP contribution in [0.2, 0.25) is 0 Å². The molecule has 4 rings (SSSR count). The highest BCUT2D eigenvalue weighted by molar-refractivity contribution is 8.03. The molecule has 6 heteroatoms. The van der Waals surface area contributed by atoms with Gasteiger partial charge in [-0.25, -0.2) is 0 Å². The zero-order valence-corrected chi connectivity index (χ0v) is 19.7. The lowest BCUT2D eigenvalue weighted by molar-refractivity contribution is -0.670. The number of aromatic nitrogens is 1. The van der Waals surface area contributed by atoms with Gasteiger partial charge in [-0.15, -0.1) is 0 Å². The molecule has 0 amide bonds. The summed E-state index contributed by atoms with van der Waals surface area (Å²) in [5, 5.41) is 11.9. The molecule has 0 bridgehead atoms. The second-order valence-electron chi connectivity index (χ2n) is 6.47. The molecule has 3 nitrogen and oxygen atoms in total. The average Bonchev–Trinajstić information content (AvgIpc) is 3.19. The van der Waals surface area contributed by atoms with Crippen LogP contribution in [0.4, 0.5) is 5.69 Å². The second kappa shape index (κ2) is 9.43. The van der Waals surface area contributed by atoms with Crippen molar-refractivity contribution in [2.75, 3.05) is 18.1 Å². The van der Waals surface area contributed by atoms with E-state index in [4.69, 9.17) is 0 Å². The zero-order chi connectivity index (χ0) is 18.8. The van der Waals surface area contributed by atoms with Gasteiger partial charge < -0.3 is 34.0 Å². The molecule has 1 aliphatic rings. The van der Waals surface area contributed by atoms with E-state index in [1.165, 1.54) is 36.4 Å². The van der Waals surface area contributed by atoms with Crippen LogP contribution in [-0.4, -0.2) is 18.3 Å². The van der Waals surface area contributed by atoms with Gasteiger partial charge in [-0.3, -0.25) is 0 Å². The van der Waals surface area contributed by atoms with Crippen LogP contribution in [0.25, 0.3) is 16.3 Å². The third kappa shape index (κ3) is 4.15. The first-order valence-electron chi connectivity index (χ1n) is 9.18. The number of para-hydroxylation sites is 2. The quantitative estimate of drug-likeness (QED) is 0.411. The fraction of sp³-hybridized carbons (Fsp3) is 0.227. The van der Waals surface area contributed by atoms with Crippen molar-refractivity contribution in [1.29, 1.82) is 0 Å². The maximum absolute atomic E-state index is 9.49. The average molecular weight is 522 g/mol. The van der Waals surface area contributed by atoms with Crippen LogP contribution in [-0.2, 0) is 6.54 Å². The summed E-state index contributed by atoms with van der Waals surface area (Å²) in [5.74, 6) is 0. The summed E-state index contributed by atoms with van der Waals surface area (Å²) in [7, 11) is 0. The molecule has 0 fully saturated rings. The molecule has 0 aliphatic carbocycles. The normalized spacial score (nSPS) is 15.2. The van der Waals surface area contributed by atoms with E-state index in [0.717, 1.165) is 6.54 Å². The number of halogens is 1. The first-order valence-corrected chi connectivity index (χ1v) is 10.8. The molecule has 2 heterocycles. The largest absolute Gasteiger partial charge is 1.00 e. The minimum atomic E-state index is 0. The molecule has 28 heavy (non-hydrogen) atoms. The number of benzene rings is 2. The third-order valence-electron chi connectivity index (χ3n) is 4.62. The fourth-order valence-corrected chi connectivity index (χ4v) is 5.85. The standard InChI is InChI=1S/C22H23N2OS2.HI/c1-3-23-17-8-4-6-10-19(17)26-21(23)14-16(2)15-22-24(12-13-25)18-9-5-7-11-20(18)27-22;/h4-11,14-15,25H,3,12-13H2,1-2H3;1H/q+1;/p-1. The van der Waals surface area contributed by atoms with Crippen molar-refractivity contribution in [3.63, 3.8) is 0 Å². The monoisotopic (exact) mass is 522 g/mol. The molecule has 2 aromatic carbocycles. The third-order valence-corrected chi connectivity index (χ3v) is 6.84. The van der Waals surface area contributed by atoms with Crippen molar-refractivity contribution in [3.05, 3.63) is 70.2 Å². The van der Waals surface area contributed by atoms with E-state index in [9.17, 15) is 5.11 Å². The van der Waals surface area contributed by atoms with Gasteiger partial charge in [-0.1, -0.05) is 47.4 Å². The van der Waals surface area contributed by atoms with E-state index >= 15 is 0 Å². The molecular formula is C22H23IN2OS2. The van der Waals surface area contributed by atoms with Gasteiger partial charge in [0.05, 0.1) is 10.7 Å². The lowest BCUT2D eigenvalue weighted by Gasteiger charge is -2.17. The minimum Gasteiger partial charge on any atom is -1.00 e. The van der Waals surface area contributed by atoms with Gasteiger partial charge in [0, 0.05) is 23.6 Å². The predicted molar refractivity (Wildman–Crippen MR) is 116 cm³/mol. The molecule has 0 spiro atoms. The molecular weight excluding hydrogens is 499 g/mol. The van der Waals surface area contributed by atoms with Crippen LogP contribution < -0.4 is 33.4 Å². The Morgan fingerprint density at radius 3 is 2.68 bits per heavy atom. The number of hydrogen-bond donors (Lipinski definition) is 1. The maximum atomic E-state index is 9.49. The molecule has 1 aromatic heterocycles. The minimum absolute atomic E-state index is 0. The van der Waals surface area contributed by atoms with Crippen molar-refractivity contribution in [2.24, 2.45) is 0 Å². The molecule has 0 atom stereocenters. The van der Waals surface area contributed by atoms with Crippen molar-refractivity contribution >= 4 is 45.1 Å². The zero-order valence-electron chi connectivity index (χ0n) is 15.9. The summed E-state index contributed by atoms with van der Waals surface area (Å²) in [6.45, 7) is 6.05. The summed E-state index contributed by atoms with van der Waals surface area (Å²) in [4.78, 5) is 3.68. The highest BCUT2D eigenvalue weighted by atomic mass is 127. The van der Waals surface area contributed by atoms with Crippen LogP contribution in [0.5, 0.6) is 0 Å². The van der Waals surface area contributed by atoms with E-state index < -0.39 is 0 Å². The summed E-state index contributed by atoms with van der Waals surface area (Å²) < 4.78 is 3.45. The Hall–Kier alpha value is -1.35. The topological polar surface area (TPSA) is 27.4 Å². The number of nitrogens with zero attached hydrogens (tertiary/aromatic N) is 2. The maximum Gasteiger partial charge on any atom is 0.263 e. The Bertz CT molecular complexity index is 1040. The number of anilines is 1. The fourth-order valence-electron chi connectivity index (χ4n) is 3.41. The SMILES string of the molecule is CCN1C(=CC(C)=Cc2sc3ccccc3[n+]2CCO)Sc2ccccc21.[I-]. The van der Waals surface area contributed by atoms with Crippen LogP contribution in [0.3, 0.4) is 0 Å². The summed E-state index contributed by atoms with van der Waals surface area (Å²) >= 11 is 3.60. The van der Waals surface area contributed by atoms with E-state index in [-0.39, 0.29) is 30.6 Å². The van der Waals surface area contributed by atoms with Gasteiger partial charge in [0.2, 0.25) is 5.52 Å². The molecule has 0 unspecified atom stereocenters. The number of allylic oxidation sites excluding steroid dienone is 2. The van der Waals surface area contributed by atoms with Gasteiger partial charge in [0.15, 0.2) is 6.54 Å². The van der Waals surface area contributed by atoms with Gasteiger partial charge >= 0.3 is 0 Å². The molecule has 0 saturated heterocycles. The number of thioether (sulfide) groups is 1. The Kier molecular flexibility index (Phi) is 7.20. The Morgan fingerprint density at radius 2 is 1.89 bits per heavy atom. The smallest absolute Gasteiger partial charge is 0.263 e. The molecule has 3 aromatic rings. The van der Waals surface area contributed by atoms with Crippen LogP contribution in [0, 0.1) is 0 Å². The number of aliphatic hydroxyl groups is 1. The van der Waals surface area contributed by atoms with Crippen molar-refractivity contribution < 1.29 is 33.7 Å². The summed E-state index contributed by atoms with van der Waals surface area (Å²) in [6, 6.07) is 16.9. The Morgan fingerprint density at radius 1 is 1.14 bits per heavy atom. The predicted octanol–water partition coefficient (Wildman–Crippen LogP) is 2.06. The number of rotatable bonds is 5. The molecule has 0 radical (unpaired) electrons. The van der Waals surface area contributed by atoms with E-state index in [2.05, 4.69) is 84.0 Å². The highest BCUT2D eigenvalue weighted by Gasteiger charge is 2.23. The number of hydrogen-bond acceptors (Lipinski definition) is 4. The van der Waals surface area contributed by atoms with E-state index in [1.54, 1.807) is 11.3 Å². The van der Waals surface area contributed by atoms with Crippen molar-refractivity contribution in [1.82, 2.24) is 0 Å².